The molecule has 58 valence electrons. The Morgan fingerprint density at radius 1 is 1.22 bits per heavy atom. The van der Waals surface area contributed by atoms with Crippen molar-refractivity contribution in [2.75, 3.05) is 33.0 Å². The topological polar surface area (TPSA) is 0 Å². The van der Waals surface area contributed by atoms with Gasteiger partial charge in [-0.25, -0.2) is 0 Å². The van der Waals surface area contributed by atoms with Crippen LogP contribution in [0, 0.1) is 0 Å². The van der Waals surface area contributed by atoms with Gasteiger partial charge in [-0.2, -0.15) is 0 Å². The number of nitrogens with zero attached hydrogens (tertiary/aromatic N) is 1. The minimum Gasteiger partial charge on any atom is -1.00 e. The highest BCUT2D eigenvalue weighted by molar-refractivity contribution is 9.09. The smallest absolute Gasteiger partial charge is 0.0788 e. The minimum absolute atomic E-state index is 0. The van der Waals surface area contributed by atoms with Crippen molar-refractivity contribution in [1.82, 2.24) is 0 Å². The Labute approximate surface area is 72.6 Å². The van der Waals surface area contributed by atoms with E-state index >= 15 is 0 Å². The van der Waals surface area contributed by atoms with Crippen LogP contribution in [0.4, 0.5) is 0 Å². The van der Waals surface area contributed by atoms with E-state index in [0.29, 0.717) is 0 Å². The molecule has 0 unspecified atom stereocenters. The highest BCUT2D eigenvalue weighted by Gasteiger charge is 2.03. The lowest BCUT2D eigenvalue weighted by Crippen LogP contribution is -3.00. The van der Waals surface area contributed by atoms with Crippen LogP contribution in [0.3, 0.4) is 0 Å². The first-order valence-electron chi connectivity index (χ1n) is 2.93. The molecule has 9 heavy (non-hydrogen) atoms. The van der Waals surface area contributed by atoms with Gasteiger partial charge >= 0.3 is 0 Å². The third kappa shape index (κ3) is 12.0. The number of hydrogen-bond donors (Lipinski definition) is 0. The normalized spacial score (nSPS) is 10.7. The number of rotatable bonds is 3. The molecule has 0 heterocycles. The minimum atomic E-state index is 0. The standard InChI is InChI=1S/C6H15BrN.ClH/c1-8(2,3)6-4-5-7;/h4-6H2,1-3H3;1H/q+1;/p-1. The molecule has 0 bridgehead atoms. The predicted molar refractivity (Wildman–Crippen MR) is 41.3 cm³/mol. The molecule has 0 fully saturated rings. The van der Waals surface area contributed by atoms with Gasteiger partial charge in [0, 0.05) is 11.8 Å². The lowest BCUT2D eigenvalue weighted by atomic mass is 10.4. The summed E-state index contributed by atoms with van der Waals surface area (Å²) in [6, 6.07) is 0. The Hall–Kier alpha value is 0.730. The first kappa shape index (κ1) is 12.4. The van der Waals surface area contributed by atoms with Crippen molar-refractivity contribution < 1.29 is 16.9 Å². The molecule has 0 aliphatic heterocycles. The summed E-state index contributed by atoms with van der Waals surface area (Å²) in [6.07, 6.45) is 1.27. The first-order valence-corrected chi connectivity index (χ1v) is 4.05. The van der Waals surface area contributed by atoms with Crippen LogP contribution in [0.15, 0.2) is 0 Å². The number of halogens is 2. The van der Waals surface area contributed by atoms with E-state index in [4.69, 9.17) is 0 Å². The van der Waals surface area contributed by atoms with E-state index in [-0.39, 0.29) is 12.4 Å². The summed E-state index contributed by atoms with van der Waals surface area (Å²) in [5, 5.41) is 1.13. The van der Waals surface area contributed by atoms with Crippen LogP contribution in [0.5, 0.6) is 0 Å². The number of hydrogen-bond acceptors (Lipinski definition) is 0. The Morgan fingerprint density at radius 3 is 1.78 bits per heavy atom. The fourth-order valence-corrected chi connectivity index (χ4v) is 0.785. The van der Waals surface area contributed by atoms with Crippen molar-refractivity contribution in [2.24, 2.45) is 0 Å². The molecule has 0 aliphatic carbocycles. The van der Waals surface area contributed by atoms with Gasteiger partial charge in [-0.15, -0.1) is 0 Å². The van der Waals surface area contributed by atoms with Gasteiger partial charge in [0.05, 0.1) is 27.7 Å². The SMILES string of the molecule is C[N+](C)(C)CCCBr.[Cl-]. The molecule has 0 aromatic rings. The molecule has 1 nitrogen and oxygen atoms in total. The van der Waals surface area contributed by atoms with E-state index in [1.807, 2.05) is 0 Å². The number of quaternary nitrogens is 1. The van der Waals surface area contributed by atoms with E-state index in [2.05, 4.69) is 37.1 Å². The summed E-state index contributed by atoms with van der Waals surface area (Å²) in [7, 11) is 6.63. The molecule has 0 spiro atoms. The van der Waals surface area contributed by atoms with Gasteiger partial charge in [0.2, 0.25) is 0 Å². The Morgan fingerprint density at radius 2 is 1.67 bits per heavy atom. The molecule has 0 saturated heterocycles. The Balaban J connectivity index is 0. The molecule has 0 saturated carbocycles. The Kier molecular flexibility index (Phi) is 7.60. The molecule has 0 N–H and O–H groups in total. The predicted octanol–water partition coefficient (Wildman–Crippen LogP) is -1.52. The van der Waals surface area contributed by atoms with E-state index < -0.39 is 0 Å². The van der Waals surface area contributed by atoms with Gasteiger partial charge in [0.15, 0.2) is 0 Å². The lowest BCUT2D eigenvalue weighted by Gasteiger charge is -2.22. The molecule has 0 radical (unpaired) electrons. The van der Waals surface area contributed by atoms with Gasteiger partial charge in [0.25, 0.3) is 0 Å². The zero-order chi connectivity index (χ0) is 6.62. The van der Waals surface area contributed by atoms with Crippen LogP contribution < -0.4 is 12.4 Å². The van der Waals surface area contributed by atoms with Gasteiger partial charge in [-0.05, 0) is 0 Å². The van der Waals surface area contributed by atoms with Crippen LogP contribution >= 0.6 is 15.9 Å². The van der Waals surface area contributed by atoms with Crippen LogP contribution in [0.1, 0.15) is 6.42 Å². The molecule has 0 aromatic heterocycles. The fraction of sp³-hybridized carbons (Fsp3) is 1.00. The molecular weight excluding hydrogens is 201 g/mol. The first-order chi connectivity index (χ1) is 3.56. The van der Waals surface area contributed by atoms with Crippen LogP contribution in [0.25, 0.3) is 0 Å². The number of alkyl halides is 1. The second-order valence-corrected chi connectivity index (χ2v) is 3.85. The molecule has 0 atom stereocenters. The molecule has 3 heteroatoms. The zero-order valence-corrected chi connectivity index (χ0v) is 8.67. The lowest BCUT2D eigenvalue weighted by molar-refractivity contribution is -0.870. The van der Waals surface area contributed by atoms with Crippen molar-refractivity contribution in [2.45, 2.75) is 6.42 Å². The fourth-order valence-electron chi connectivity index (χ4n) is 0.534. The second-order valence-electron chi connectivity index (χ2n) is 3.06. The van der Waals surface area contributed by atoms with E-state index in [0.717, 1.165) is 9.81 Å². The second kappa shape index (κ2) is 5.51. The van der Waals surface area contributed by atoms with Gasteiger partial charge in [-0.1, -0.05) is 15.9 Å². The summed E-state index contributed by atoms with van der Waals surface area (Å²) in [5.41, 5.74) is 0. The summed E-state index contributed by atoms with van der Waals surface area (Å²) in [5.74, 6) is 0. The quantitative estimate of drug-likeness (QED) is 0.397. The highest BCUT2D eigenvalue weighted by Crippen LogP contribution is 1.95. The van der Waals surface area contributed by atoms with Gasteiger partial charge in [-0.3, -0.25) is 0 Å². The molecule has 0 aliphatic rings. The van der Waals surface area contributed by atoms with Gasteiger partial charge in [0.1, 0.15) is 0 Å². The zero-order valence-electron chi connectivity index (χ0n) is 6.32. The monoisotopic (exact) mass is 215 g/mol. The van der Waals surface area contributed by atoms with Crippen LogP contribution in [-0.4, -0.2) is 37.5 Å². The molecular formula is C6H15BrClN. The summed E-state index contributed by atoms with van der Waals surface area (Å²) in [6.45, 7) is 1.26. The van der Waals surface area contributed by atoms with E-state index in [1.165, 1.54) is 13.0 Å². The van der Waals surface area contributed by atoms with Crippen molar-refractivity contribution in [3.05, 3.63) is 0 Å². The van der Waals surface area contributed by atoms with Gasteiger partial charge < -0.3 is 16.9 Å². The average molecular weight is 217 g/mol. The van der Waals surface area contributed by atoms with E-state index in [9.17, 15) is 0 Å². The van der Waals surface area contributed by atoms with E-state index in [1.54, 1.807) is 0 Å². The highest BCUT2D eigenvalue weighted by atomic mass is 79.9. The molecule has 0 rings (SSSR count). The summed E-state index contributed by atoms with van der Waals surface area (Å²) in [4.78, 5) is 0. The summed E-state index contributed by atoms with van der Waals surface area (Å²) < 4.78 is 1.08. The van der Waals surface area contributed by atoms with Crippen LogP contribution in [0.2, 0.25) is 0 Å². The Bertz CT molecular complexity index is 60.6. The van der Waals surface area contributed by atoms with Crippen molar-refractivity contribution >= 4 is 15.9 Å². The summed E-state index contributed by atoms with van der Waals surface area (Å²) >= 11 is 3.39. The maximum Gasteiger partial charge on any atom is 0.0788 e. The third-order valence-corrected chi connectivity index (χ3v) is 1.52. The molecule has 0 aromatic carbocycles. The largest absolute Gasteiger partial charge is 1.00 e. The molecule has 0 amide bonds. The maximum absolute atomic E-state index is 3.39. The van der Waals surface area contributed by atoms with Crippen LogP contribution in [-0.2, 0) is 0 Å². The average Bonchev–Trinajstić information content (AvgIpc) is 1.59. The third-order valence-electron chi connectivity index (χ3n) is 0.963. The van der Waals surface area contributed by atoms with Crippen molar-refractivity contribution in [3.63, 3.8) is 0 Å². The van der Waals surface area contributed by atoms with Crippen molar-refractivity contribution in [3.8, 4) is 0 Å². The maximum atomic E-state index is 3.39. The van der Waals surface area contributed by atoms with Crippen molar-refractivity contribution in [1.29, 1.82) is 0 Å².